The van der Waals surface area contributed by atoms with Crippen LogP contribution >= 0.6 is 0 Å². The van der Waals surface area contributed by atoms with E-state index in [9.17, 15) is 14.4 Å². The number of carbonyl (C=O) groups excluding carboxylic acids is 3. The van der Waals surface area contributed by atoms with E-state index in [1.54, 1.807) is 12.1 Å². The van der Waals surface area contributed by atoms with E-state index in [1.165, 1.54) is 17.9 Å². The van der Waals surface area contributed by atoms with Crippen LogP contribution in [-0.4, -0.2) is 74.6 Å². The molecule has 8 nitrogen and oxygen atoms in total. The molecule has 1 N–H and O–H groups in total. The second kappa shape index (κ2) is 10.3. The first-order chi connectivity index (χ1) is 17.4. The molecule has 2 fully saturated rings. The fourth-order valence-electron chi connectivity index (χ4n) is 5.33. The number of benzene rings is 2. The van der Waals surface area contributed by atoms with Gasteiger partial charge in [0.05, 0.1) is 24.5 Å². The summed E-state index contributed by atoms with van der Waals surface area (Å²) in [5, 5.41) is 2.63. The summed E-state index contributed by atoms with van der Waals surface area (Å²) < 4.78 is 20.4. The molecule has 190 valence electrons. The first-order valence-electron chi connectivity index (χ1n) is 12.5. The molecule has 0 radical (unpaired) electrons. The summed E-state index contributed by atoms with van der Waals surface area (Å²) >= 11 is 0. The van der Waals surface area contributed by atoms with Gasteiger partial charge in [-0.05, 0) is 36.6 Å². The molecule has 3 aliphatic rings. The predicted octanol–water partition coefficient (Wildman–Crippen LogP) is 2.85. The number of ether oxygens (including phenoxy) is 1. The van der Waals surface area contributed by atoms with Gasteiger partial charge in [0.15, 0.2) is 5.78 Å². The van der Waals surface area contributed by atoms with Gasteiger partial charge in [0.2, 0.25) is 5.91 Å². The number of amides is 2. The minimum absolute atomic E-state index is 0.0113. The van der Waals surface area contributed by atoms with E-state index < -0.39 is 18.0 Å². The summed E-state index contributed by atoms with van der Waals surface area (Å²) in [6.07, 6.45) is 0.784. The van der Waals surface area contributed by atoms with Crippen molar-refractivity contribution < 1.29 is 23.5 Å². The lowest BCUT2D eigenvalue weighted by Crippen LogP contribution is -2.49. The van der Waals surface area contributed by atoms with Crippen molar-refractivity contribution >= 4 is 29.2 Å². The van der Waals surface area contributed by atoms with Crippen molar-refractivity contribution in [3.63, 3.8) is 0 Å². The molecular formula is C27H31FN4O4. The van der Waals surface area contributed by atoms with E-state index in [0.29, 0.717) is 24.5 Å². The molecule has 9 heteroatoms. The third kappa shape index (κ3) is 5.06. The van der Waals surface area contributed by atoms with Crippen LogP contribution in [0, 0.1) is 11.7 Å². The third-order valence-electron chi connectivity index (χ3n) is 7.30. The number of carbonyl (C=O) groups is 3. The number of fused-ring (bicyclic) bond motifs is 1. The van der Waals surface area contributed by atoms with Gasteiger partial charge in [-0.25, -0.2) is 9.18 Å². The fraction of sp³-hybridized carbons (Fsp3) is 0.444. The van der Waals surface area contributed by atoms with Crippen LogP contribution in [0.3, 0.4) is 0 Å². The van der Waals surface area contributed by atoms with E-state index in [-0.39, 0.29) is 30.7 Å². The monoisotopic (exact) mass is 494 g/mol. The Kier molecular flexibility index (Phi) is 6.91. The second-order valence-electron chi connectivity index (χ2n) is 9.73. The second-order valence-corrected chi connectivity index (χ2v) is 9.73. The summed E-state index contributed by atoms with van der Waals surface area (Å²) in [5.41, 5.74) is 2.94. The normalized spacial score (nSPS) is 22.4. The van der Waals surface area contributed by atoms with Gasteiger partial charge in [-0.2, -0.15) is 0 Å². The first-order valence-corrected chi connectivity index (χ1v) is 12.5. The van der Waals surface area contributed by atoms with Crippen LogP contribution in [0.25, 0.3) is 0 Å². The van der Waals surface area contributed by atoms with E-state index in [4.69, 9.17) is 4.74 Å². The molecule has 36 heavy (non-hydrogen) atoms. The Bertz CT molecular complexity index is 1160. The maximum Gasteiger partial charge on any atom is 0.414 e. The highest BCUT2D eigenvalue weighted by atomic mass is 19.1. The standard InChI is InChI=1S/C27H31FN4O4/c1-18(33)29-15-22-17-32(27(35)36-22)21-8-9-25(24(28)14-21)31-12-10-30(11-13-31)16-20-7-6-19-4-2-3-5-23(19)26(20)34/h2-5,8-9,14,20,22H,6-7,10-13,15-17H2,1H3,(H,29,33). The molecule has 0 aromatic heterocycles. The number of halogens is 1. The molecule has 2 aliphatic heterocycles. The van der Waals surface area contributed by atoms with Crippen molar-refractivity contribution in [2.45, 2.75) is 25.9 Å². The molecule has 2 unspecified atom stereocenters. The van der Waals surface area contributed by atoms with Crippen LogP contribution < -0.4 is 15.1 Å². The Morgan fingerprint density at radius 1 is 1.11 bits per heavy atom. The minimum atomic E-state index is -0.550. The van der Waals surface area contributed by atoms with Gasteiger partial charge in [-0.15, -0.1) is 0 Å². The molecule has 2 saturated heterocycles. The van der Waals surface area contributed by atoms with Crippen molar-refractivity contribution in [1.29, 1.82) is 0 Å². The maximum absolute atomic E-state index is 15.1. The SMILES string of the molecule is CC(=O)NCC1CN(c2ccc(N3CCN(CC4CCc5ccccc5C4=O)CC3)c(F)c2)C(=O)O1. The summed E-state index contributed by atoms with van der Waals surface area (Å²) in [7, 11) is 0. The quantitative estimate of drug-likeness (QED) is 0.665. The van der Waals surface area contributed by atoms with Gasteiger partial charge in [0, 0.05) is 51.1 Å². The largest absolute Gasteiger partial charge is 0.442 e. The lowest BCUT2D eigenvalue weighted by molar-refractivity contribution is -0.119. The van der Waals surface area contributed by atoms with Crippen LogP contribution in [0.5, 0.6) is 0 Å². The summed E-state index contributed by atoms with van der Waals surface area (Å²) in [5.74, 6) is -0.341. The molecule has 5 rings (SSSR count). The Hall–Kier alpha value is -3.46. The number of hydrogen-bond acceptors (Lipinski definition) is 6. The molecule has 1 aliphatic carbocycles. The van der Waals surface area contributed by atoms with Gasteiger partial charge in [-0.3, -0.25) is 19.4 Å². The van der Waals surface area contributed by atoms with E-state index in [0.717, 1.165) is 43.6 Å². The van der Waals surface area contributed by atoms with Crippen molar-refractivity contribution in [3.8, 4) is 0 Å². The van der Waals surface area contributed by atoms with Crippen LogP contribution in [0.15, 0.2) is 42.5 Å². The molecule has 0 saturated carbocycles. The van der Waals surface area contributed by atoms with E-state index in [2.05, 4.69) is 10.2 Å². The van der Waals surface area contributed by atoms with Gasteiger partial charge in [0.25, 0.3) is 0 Å². The molecule has 2 atom stereocenters. The number of anilines is 2. The Morgan fingerprint density at radius 3 is 2.64 bits per heavy atom. The van der Waals surface area contributed by atoms with Gasteiger partial charge in [0.1, 0.15) is 11.9 Å². The van der Waals surface area contributed by atoms with Crippen LogP contribution in [0.2, 0.25) is 0 Å². The zero-order valence-electron chi connectivity index (χ0n) is 20.4. The molecule has 0 spiro atoms. The van der Waals surface area contributed by atoms with Crippen molar-refractivity contribution in [1.82, 2.24) is 10.2 Å². The number of hydrogen-bond donors (Lipinski definition) is 1. The number of ketones is 1. The molecule has 2 aromatic rings. The molecule has 2 aromatic carbocycles. The van der Waals surface area contributed by atoms with Crippen molar-refractivity contribution in [2.75, 3.05) is 55.6 Å². The van der Waals surface area contributed by atoms with E-state index in [1.807, 2.05) is 29.2 Å². The average molecular weight is 495 g/mol. The number of cyclic esters (lactones) is 1. The number of Topliss-reactive ketones (excluding diaryl/α,β-unsaturated/α-hetero) is 1. The molecule has 0 bridgehead atoms. The number of piperazine rings is 1. The highest BCUT2D eigenvalue weighted by molar-refractivity contribution is 6.00. The highest BCUT2D eigenvalue weighted by Gasteiger charge is 2.33. The van der Waals surface area contributed by atoms with Crippen molar-refractivity contribution in [2.24, 2.45) is 5.92 Å². The van der Waals surface area contributed by atoms with Crippen LogP contribution in [0.1, 0.15) is 29.3 Å². The Morgan fingerprint density at radius 2 is 1.89 bits per heavy atom. The number of aryl methyl sites for hydroxylation is 1. The summed E-state index contributed by atoms with van der Waals surface area (Å²) in [6.45, 7) is 5.46. The summed E-state index contributed by atoms with van der Waals surface area (Å²) in [4.78, 5) is 42.0. The minimum Gasteiger partial charge on any atom is -0.442 e. The van der Waals surface area contributed by atoms with Crippen LogP contribution in [-0.2, 0) is 16.0 Å². The maximum atomic E-state index is 15.1. The van der Waals surface area contributed by atoms with E-state index >= 15 is 4.39 Å². The first kappa shape index (κ1) is 24.2. The molecular weight excluding hydrogens is 463 g/mol. The average Bonchev–Trinajstić information content (AvgIpc) is 3.25. The Labute approximate surface area is 210 Å². The smallest absolute Gasteiger partial charge is 0.414 e. The van der Waals surface area contributed by atoms with Gasteiger partial charge >= 0.3 is 6.09 Å². The zero-order valence-corrected chi connectivity index (χ0v) is 20.4. The highest BCUT2D eigenvalue weighted by Crippen LogP contribution is 2.30. The fourth-order valence-corrected chi connectivity index (χ4v) is 5.33. The third-order valence-corrected chi connectivity index (χ3v) is 7.30. The zero-order chi connectivity index (χ0) is 25.2. The number of rotatable bonds is 6. The van der Waals surface area contributed by atoms with Crippen LogP contribution in [0.4, 0.5) is 20.6 Å². The lowest BCUT2D eigenvalue weighted by Gasteiger charge is -2.38. The predicted molar refractivity (Wildman–Crippen MR) is 134 cm³/mol. The Balaban J connectivity index is 1.16. The molecule has 2 heterocycles. The van der Waals surface area contributed by atoms with Gasteiger partial charge < -0.3 is 15.0 Å². The molecule has 2 amide bonds. The lowest BCUT2D eigenvalue weighted by atomic mass is 9.82. The van der Waals surface area contributed by atoms with Gasteiger partial charge in [-0.1, -0.05) is 24.3 Å². The number of nitrogens with zero attached hydrogens (tertiary/aromatic N) is 3. The van der Waals surface area contributed by atoms with Crippen molar-refractivity contribution in [3.05, 3.63) is 59.4 Å². The number of nitrogens with one attached hydrogen (secondary N) is 1. The topological polar surface area (TPSA) is 82.2 Å². The summed E-state index contributed by atoms with van der Waals surface area (Å²) in [6, 6.07) is 12.7.